The number of aromatic nitrogens is 4. The minimum atomic E-state index is 0. The summed E-state index contributed by atoms with van der Waals surface area (Å²) in [6.07, 6.45) is 4.76. The number of aryl methyl sites for hydroxylation is 2. The Balaban J connectivity index is 0.00000231. The van der Waals surface area contributed by atoms with Gasteiger partial charge in [0.05, 0.1) is 30.4 Å². The highest BCUT2D eigenvalue weighted by molar-refractivity contribution is 5.98. The lowest BCUT2D eigenvalue weighted by molar-refractivity contribution is 0.419. The number of benzene rings is 2. The van der Waals surface area contributed by atoms with Crippen LogP contribution in [0, 0.1) is 0 Å². The summed E-state index contributed by atoms with van der Waals surface area (Å²) < 4.78 is 7.75. The van der Waals surface area contributed by atoms with E-state index in [-0.39, 0.29) is 12.4 Å². The van der Waals surface area contributed by atoms with E-state index >= 15 is 0 Å². The van der Waals surface area contributed by atoms with Gasteiger partial charge in [-0.15, -0.1) is 12.4 Å². The molecule has 0 saturated carbocycles. The van der Waals surface area contributed by atoms with E-state index < -0.39 is 0 Å². The fourth-order valence-electron chi connectivity index (χ4n) is 4.61. The van der Waals surface area contributed by atoms with Crippen molar-refractivity contribution in [2.45, 2.75) is 39.7 Å². The van der Waals surface area contributed by atoms with Crippen LogP contribution in [0.4, 0.5) is 0 Å². The Labute approximate surface area is 188 Å². The van der Waals surface area contributed by atoms with Gasteiger partial charge in [0.1, 0.15) is 11.3 Å². The summed E-state index contributed by atoms with van der Waals surface area (Å²) in [5.74, 6) is 0.799. The molecule has 1 aliphatic rings. The number of nitrogens with zero attached hydrogens (tertiary/aromatic N) is 3. The summed E-state index contributed by atoms with van der Waals surface area (Å²) in [4.78, 5) is 0. The molecule has 1 aliphatic heterocycles. The molecule has 0 aliphatic carbocycles. The summed E-state index contributed by atoms with van der Waals surface area (Å²) in [6.45, 7) is 6.21. The lowest BCUT2D eigenvalue weighted by atomic mass is 9.98. The van der Waals surface area contributed by atoms with Crippen molar-refractivity contribution < 1.29 is 4.74 Å². The van der Waals surface area contributed by atoms with Crippen LogP contribution in [0.5, 0.6) is 5.75 Å². The topological polar surface area (TPSA) is 67.8 Å². The van der Waals surface area contributed by atoms with E-state index in [1.54, 1.807) is 7.11 Å². The number of H-pyrrole nitrogens is 1. The highest BCUT2D eigenvalue weighted by Gasteiger charge is 2.26. The van der Waals surface area contributed by atoms with Crippen molar-refractivity contribution >= 4 is 23.3 Å². The van der Waals surface area contributed by atoms with Gasteiger partial charge in [-0.1, -0.05) is 32.0 Å². The first-order valence-corrected chi connectivity index (χ1v) is 10.7. The fraction of sp³-hybridized carbons (Fsp3) is 0.333. The van der Waals surface area contributed by atoms with E-state index in [9.17, 15) is 0 Å². The maximum absolute atomic E-state index is 5.55. The van der Waals surface area contributed by atoms with Crippen molar-refractivity contribution in [2.75, 3.05) is 13.7 Å². The Hall–Kier alpha value is -2.83. The average Bonchev–Trinajstić information content (AvgIpc) is 3.43. The molecule has 0 unspecified atom stereocenters. The van der Waals surface area contributed by atoms with E-state index in [4.69, 9.17) is 9.84 Å². The molecule has 2 N–H and O–H groups in total. The molecule has 5 rings (SSSR count). The van der Waals surface area contributed by atoms with Crippen LogP contribution >= 0.6 is 12.4 Å². The number of fused-ring (bicyclic) bond motifs is 2. The summed E-state index contributed by atoms with van der Waals surface area (Å²) in [7, 11) is 1.69. The van der Waals surface area contributed by atoms with Crippen LogP contribution in [-0.4, -0.2) is 33.6 Å². The van der Waals surface area contributed by atoms with Crippen molar-refractivity contribution in [2.24, 2.45) is 0 Å². The van der Waals surface area contributed by atoms with Crippen LogP contribution in [0.3, 0.4) is 0 Å². The first kappa shape index (κ1) is 21.4. The molecule has 0 amide bonds. The molecule has 4 aromatic rings. The Morgan fingerprint density at radius 2 is 1.87 bits per heavy atom. The molecule has 0 spiro atoms. The van der Waals surface area contributed by atoms with Gasteiger partial charge in [-0.2, -0.15) is 10.2 Å². The number of nitrogens with one attached hydrogen (secondary N) is 2. The molecule has 0 saturated heterocycles. The van der Waals surface area contributed by atoms with Gasteiger partial charge >= 0.3 is 0 Å². The van der Waals surface area contributed by atoms with Crippen molar-refractivity contribution in [3.05, 3.63) is 58.9 Å². The highest BCUT2D eigenvalue weighted by atomic mass is 35.5. The van der Waals surface area contributed by atoms with Crippen molar-refractivity contribution in [3.8, 4) is 22.7 Å². The molecule has 2 aromatic heterocycles. The predicted molar refractivity (Wildman–Crippen MR) is 127 cm³/mol. The molecule has 7 heteroatoms. The van der Waals surface area contributed by atoms with E-state index in [0.717, 1.165) is 60.3 Å². The number of rotatable bonds is 5. The third-order valence-electron chi connectivity index (χ3n) is 6.14. The van der Waals surface area contributed by atoms with E-state index in [1.165, 1.54) is 28.1 Å². The number of methoxy groups -OCH3 is 1. The van der Waals surface area contributed by atoms with Gasteiger partial charge in [-0.05, 0) is 36.1 Å². The molecule has 31 heavy (non-hydrogen) atoms. The SMILES string of the molecule is CCc1cccc(CC)c1-n1nc2c(c1-c1ccc(OC)c3[nH]ncc13)CNCC2.Cl. The second kappa shape index (κ2) is 8.73. The predicted octanol–water partition coefficient (Wildman–Crippen LogP) is 4.62. The number of para-hydroxylation sites is 1. The lowest BCUT2D eigenvalue weighted by Gasteiger charge is -2.18. The quantitative estimate of drug-likeness (QED) is 0.478. The van der Waals surface area contributed by atoms with Crippen molar-refractivity contribution in [1.29, 1.82) is 0 Å². The molecule has 0 fully saturated rings. The van der Waals surface area contributed by atoms with E-state index in [2.05, 4.69) is 58.3 Å². The third-order valence-corrected chi connectivity index (χ3v) is 6.14. The molecule has 162 valence electrons. The van der Waals surface area contributed by atoms with Gasteiger partial charge in [-0.25, -0.2) is 4.68 Å². The van der Waals surface area contributed by atoms with Gasteiger partial charge in [0.2, 0.25) is 0 Å². The van der Waals surface area contributed by atoms with Crippen molar-refractivity contribution in [3.63, 3.8) is 0 Å². The first-order chi connectivity index (χ1) is 14.8. The number of aromatic amines is 1. The zero-order valence-corrected chi connectivity index (χ0v) is 19.0. The first-order valence-electron chi connectivity index (χ1n) is 10.7. The molecule has 2 aromatic carbocycles. The summed E-state index contributed by atoms with van der Waals surface area (Å²) in [6, 6.07) is 10.8. The number of hydrogen-bond acceptors (Lipinski definition) is 4. The average molecular weight is 438 g/mol. The monoisotopic (exact) mass is 437 g/mol. The largest absolute Gasteiger partial charge is 0.494 e. The summed E-state index contributed by atoms with van der Waals surface area (Å²) in [5.41, 5.74) is 9.53. The molecule has 0 atom stereocenters. The van der Waals surface area contributed by atoms with Crippen LogP contribution in [-0.2, 0) is 25.8 Å². The zero-order chi connectivity index (χ0) is 20.7. The van der Waals surface area contributed by atoms with Gasteiger partial charge in [0, 0.05) is 36.0 Å². The highest BCUT2D eigenvalue weighted by Crippen LogP contribution is 2.39. The Bertz CT molecular complexity index is 1200. The third kappa shape index (κ3) is 3.40. The van der Waals surface area contributed by atoms with Crippen LogP contribution in [0.25, 0.3) is 27.8 Å². The summed E-state index contributed by atoms with van der Waals surface area (Å²) in [5, 5.41) is 17.2. The number of ether oxygens (including phenoxy) is 1. The Morgan fingerprint density at radius 3 is 2.58 bits per heavy atom. The van der Waals surface area contributed by atoms with Gasteiger partial charge < -0.3 is 10.1 Å². The van der Waals surface area contributed by atoms with E-state index in [1.807, 2.05) is 12.3 Å². The van der Waals surface area contributed by atoms with Crippen LogP contribution < -0.4 is 10.1 Å². The lowest BCUT2D eigenvalue weighted by Crippen LogP contribution is -2.23. The van der Waals surface area contributed by atoms with Gasteiger partial charge in [0.25, 0.3) is 0 Å². The molecule has 3 heterocycles. The molecule has 6 nitrogen and oxygen atoms in total. The van der Waals surface area contributed by atoms with Crippen molar-refractivity contribution in [1.82, 2.24) is 25.3 Å². The standard InChI is InChI=1S/C24H27N5O.ClH/c1-4-15-7-6-8-16(5-2)23(15)29-24(19-13-25-12-11-20(19)28-29)17-9-10-21(30-3)22-18(17)14-26-27-22;/h6-10,14,25H,4-5,11-13H2,1-3H3,(H,26,27);1H. The molecular weight excluding hydrogens is 410 g/mol. The Morgan fingerprint density at radius 1 is 1.10 bits per heavy atom. The van der Waals surface area contributed by atoms with Crippen LogP contribution in [0.15, 0.2) is 36.5 Å². The second-order valence-electron chi connectivity index (χ2n) is 7.72. The second-order valence-corrected chi connectivity index (χ2v) is 7.72. The summed E-state index contributed by atoms with van der Waals surface area (Å²) >= 11 is 0. The number of halogens is 1. The van der Waals surface area contributed by atoms with Gasteiger partial charge in [0.15, 0.2) is 0 Å². The Kier molecular flexibility index (Phi) is 6.03. The van der Waals surface area contributed by atoms with Crippen LogP contribution in [0.2, 0.25) is 0 Å². The minimum absolute atomic E-state index is 0. The molecular formula is C24H28ClN5O. The maximum Gasteiger partial charge on any atom is 0.144 e. The number of hydrogen-bond donors (Lipinski definition) is 2. The minimum Gasteiger partial charge on any atom is -0.494 e. The van der Waals surface area contributed by atoms with E-state index in [0.29, 0.717) is 0 Å². The zero-order valence-electron chi connectivity index (χ0n) is 18.2. The maximum atomic E-state index is 5.55. The normalized spacial score (nSPS) is 13.1. The van der Waals surface area contributed by atoms with Crippen LogP contribution in [0.1, 0.15) is 36.2 Å². The van der Waals surface area contributed by atoms with Gasteiger partial charge in [-0.3, -0.25) is 5.10 Å². The smallest absolute Gasteiger partial charge is 0.144 e. The molecule has 0 radical (unpaired) electrons. The molecule has 0 bridgehead atoms. The fourth-order valence-corrected chi connectivity index (χ4v) is 4.61.